The number of amides is 1. The van der Waals surface area contributed by atoms with Gasteiger partial charge in [0.15, 0.2) is 5.60 Å². The van der Waals surface area contributed by atoms with Gasteiger partial charge in [0.1, 0.15) is 0 Å². The Bertz CT molecular complexity index is 524. The van der Waals surface area contributed by atoms with Gasteiger partial charge in [-0.05, 0) is 31.0 Å². The second kappa shape index (κ2) is 5.39. The molecule has 0 aliphatic carbocycles. The summed E-state index contributed by atoms with van der Waals surface area (Å²) >= 11 is 0. The van der Waals surface area contributed by atoms with Crippen LogP contribution in [0.3, 0.4) is 0 Å². The maximum atomic E-state index is 11.3. The molecule has 1 aliphatic rings. The highest BCUT2D eigenvalue weighted by molar-refractivity contribution is 5.83. The maximum Gasteiger partial charge on any atom is 0.250 e. The van der Waals surface area contributed by atoms with Gasteiger partial charge in [0, 0.05) is 13.1 Å². The van der Waals surface area contributed by atoms with Crippen molar-refractivity contribution >= 4 is 5.91 Å². The van der Waals surface area contributed by atoms with Crippen LogP contribution < -0.4 is 5.73 Å². The predicted molar refractivity (Wildman–Crippen MR) is 69.8 cm³/mol. The average molecular weight is 259 g/mol. The number of rotatable bonds is 3. The molecule has 0 bridgehead atoms. The number of likely N-dealkylation sites (tertiary alicyclic amines) is 1. The van der Waals surface area contributed by atoms with E-state index in [1.165, 1.54) is 0 Å². The quantitative estimate of drug-likeness (QED) is 0.820. The minimum absolute atomic E-state index is 0.224. The minimum Gasteiger partial charge on any atom is -0.379 e. The monoisotopic (exact) mass is 259 g/mol. The Balaban J connectivity index is 2.12. The van der Waals surface area contributed by atoms with E-state index in [0.717, 1.165) is 12.1 Å². The van der Waals surface area contributed by atoms with Crippen LogP contribution in [0.15, 0.2) is 24.3 Å². The van der Waals surface area contributed by atoms with E-state index >= 15 is 0 Å². The van der Waals surface area contributed by atoms with Crippen LogP contribution in [0.5, 0.6) is 0 Å². The molecule has 5 nitrogen and oxygen atoms in total. The fraction of sp³-hybridized carbons (Fsp3) is 0.429. The number of nitrogens with zero attached hydrogens (tertiary/aromatic N) is 2. The fourth-order valence-corrected chi connectivity index (χ4v) is 2.47. The first-order chi connectivity index (χ1) is 9.05. The fourth-order valence-electron chi connectivity index (χ4n) is 2.47. The van der Waals surface area contributed by atoms with Gasteiger partial charge in [0.05, 0.1) is 11.6 Å². The first-order valence-electron chi connectivity index (χ1n) is 6.28. The molecule has 0 aromatic heterocycles. The first kappa shape index (κ1) is 13.5. The molecule has 1 unspecified atom stereocenters. The second-order valence-corrected chi connectivity index (χ2v) is 4.98. The first-order valence-corrected chi connectivity index (χ1v) is 6.28. The van der Waals surface area contributed by atoms with E-state index < -0.39 is 11.5 Å². The summed E-state index contributed by atoms with van der Waals surface area (Å²) < 4.78 is 0. The molecule has 1 saturated heterocycles. The van der Waals surface area contributed by atoms with Gasteiger partial charge in [0.25, 0.3) is 5.91 Å². The van der Waals surface area contributed by atoms with E-state index in [1.807, 2.05) is 23.1 Å². The van der Waals surface area contributed by atoms with Crippen LogP contribution >= 0.6 is 0 Å². The van der Waals surface area contributed by atoms with Gasteiger partial charge >= 0.3 is 0 Å². The molecule has 0 spiro atoms. The second-order valence-electron chi connectivity index (χ2n) is 4.98. The number of benzene rings is 1. The highest BCUT2D eigenvalue weighted by Crippen LogP contribution is 2.23. The summed E-state index contributed by atoms with van der Waals surface area (Å²) in [5.74, 6) is -0.675. The van der Waals surface area contributed by atoms with Gasteiger partial charge in [-0.15, -0.1) is 0 Å². The molecule has 0 radical (unpaired) electrons. The van der Waals surface area contributed by atoms with E-state index in [-0.39, 0.29) is 6.54 Å². The lowest BCUT2D eigenvalue weighted by Crippen LogP contribution is -2.55. The predicted octanol–water partition coefficient (Wildman–Crippen LogP) is 0.370. The Hall–Kier alpha value is -1.90. The molecule has 19 heavy (non-hydrogen) atoms. The lowest BCUT2D eigenvalue weighted by atomic mass is 9.91. The molecule has 1 heterocycles. The Labute approximate surface area is 112 Å². The van der Waals surface area contributed by atoms with E-state index in [9.17, 15) is 9.90 Å². The van der Waals surface area contributed by atoms with Crippen molar-refractivity contribution in [3.63, 3.8) is 0 Å². The van der Waals surface area contributed by atoms with Gasteiger partial charge in [-0.3, -0.25) is 9.69 Å². The molecule has 1 aliphatic heterocycles. The van der Waals surface area contributed by atoms with E-state index in [0.29, 0.717) is 24.9 Å². The van der Waals surface area contributed by atoms with Gasteiger partial charge in [-0.1, -0.05) is 18.2 Å². The summed E-state index contributed by atoms with van der Waals surface area (Å²) in [6, 6.07) is 9.49. The topological polar surface area (TPSA) is 90.3 Å². The van der Waals surface area contributed by atoms with Crippen molar-refractivity contribution in [1.29, 1.82) is 5.26 Å². The maximum absolute atomic E-state index is 11.3. The molecule has 1 aromatic carbocycles. The number of hydrogen-bond donors (Lipinski definition) is 2. The number of nitriles is 1. The Kier molecular flexibility index (Phi) is 3.84. The highest BCUT2D eigenvalue weighted by Gasteiger charge is 2.38. The molecule has 0 saturated carbocycles. The number of primary amides is 1. The normalized spacial score (nSPS) is 23.8. The number of aliphatic hydroxyl groups is 1. The lowest BCUT2D eigenvalue weighted by molar-refractivity contribution is -0.142. The SMILES string of the molecule is N#Cc1ccccc1CN1CCCC(O)(C(N)=O)C1. The third kappa shape index (κ3) is 2.92. The van der Waals surface area contributed by atoms with Crippen molar-refractivity contribution in [2.24, 2.45) is 5.73 Å². The number of hydrogen-bond acceptors (Lipinski definition) is 4. The standard InChI is InChI=1S/C14H17N3O2/c15-8-11-4-1-2-5-12(11)9-17-7-3-6-14(19,10-17)13(16)18/h1-2,4-5,19H,3,6-7,9-10H2,(H2,16,18). The molecule has 2 rings (SSSR count). The summed E-state index contributed by atoms with van der Waals surface area (Å²) in [5.41, 5.74) is 5.32. The van der Waals surface area contributed by atoms with E-state index in [4.69, 9.17) is 11.0 Å². The van der Waals surface area contributed by atoms with Gasteiger partial charge in [-0.25, -0.2) is 0 Å². The largest absolute Gasteiger partial charge is 0.379 e. The minimum atomic E-state index is -1.44. The van der Waals surface area contributed by atoms with E-state index in [1.54, 1.807) is 6.07 Å². The molecule has 1 atom stereocenters. The Morgan fingerprint density at radius 3 is 2.95 bits per heavy atom. The van der Waals surface area contributed by atoms with Crippen molar-refractivity contribution in [1.82, 2.24) is 4.90 Å². The summed E-state index contributed by atoms with van der Waals surface area (Å²) in [6.45, 7) is 1.55. The molecule has 1 aromatic rings. The third-order valence-electron chi connectivity index (χ3n) is 3.54. The smallest absolute Gasteiger partial charge is 0.250 e. The van der Waals surface area contributed by atoms with Crippen LogP contribution in [0.4, 0.5) is 0 Å². The summed E-state index contributed by atoms with van der Waals surface area (Å²) in [7, 11) is 0. The third-order valence-corrected chi connectivity index (χ3v) is 3.54. The average Bonchev–Trinajstić information content (AvgIpc) is 2.39. The van der Waals surface area contributed by atoms with Crippen molar-refractivity contribution < 1.29 is 9.90 Å². The van der Waals surface area contributed by atoms with Crippen molar-refractivity contribution in [2.75, 3.05) is 13.1 Å². The molecular formula is C14H17N3O2. The van der Waals surface area contributed by atoms with Crippen LogP contribution in [-0.4, -0.2) is 34.6 Å². The van der Waals surface area contributed by atoms with Crippen LogP contribution in [0.1, 0.15) is 24.0 Å². The van der Waals surface area contributed by atoms with Crippen LogP contribution in [0.2, 0.25) is 0 Å². The molecule has 1 fully saturated rings. The lowest BCUT2D eigenvalue weighted by Gasteiger charge is -2.37. The molecule has 100 valence electrons. The summed E-state index contributed by atoms with van der Waals surface area (Å²) in [6.07, 6.45) is 1.12. The highest BCUT2D eigenvalue weighted by atomic mass is 16.3. The zero-order chi connectivity index (χ0) is 13.9. The van der Waals surface area contributed by atoms with Crippen molar-refractivity contribution in [2.45, 2.75) is 25.0 Å². The molecular weight excluding hydrogens is 242 g/mol. The summed E-state index contributed by atoms with van der Waals surface area (Å²) in [5, 5.41) is 19.2. The number of carbonyl (C=O) groups is 1. The summed E-state index contributed by atoms with van der Waals surface area (Å²) in [4.78, 5) is 13.3. The zero-order valence-corrected chi connectivity index (χ0v) is 10.7. The van der Waals surface area contributed by atoms with Crippen molar-refractivity contribution in [3.8, 4) is 6.07 Å². The molecule has 3 N–H and O–H groups in total. The molecule has 1 amide bonds. The van der Waals surface area contributed by atoms with Gasteiger partial charge in [0.2, 0.25) is 0 Å². The van der Waals surface area contributed by atoms with Crippen LogP contribution in [0.25, 0.3) is 0 Å². The van der Waals surface area contributed by atoms with E-state index in [2.05, 4.69) is 6.07 Å². The van der Waals surface area contributed by atoms with Crippen LogP contribution in [-0.2, 0) is 11.3 Å². The Morgan fingerprint density at radius 2 is 2.26 bits per heavy atom. The van der Waals surface area contributed by atoms with Gasteiger partial charge in [-0.2, -0.15) is 5.26 Å². The number of β-amino-alcohol motifs (C(OH)–C–C–N with tert-alkyl or cyclic N) is 1. The molecule has 5 heteroatoms. The van der Waals surface area contributed by atoms with Gasteiger partial charge < -0.3 is 10.8 Å². The zero-order valence-electron chi connectivity index (χ0n) is 10.7. The van der Waals surface area contributed by atoms with Crippen molar-refractivity contribution in [3.05, 3.63) is 35.4 Å². The van der Waals surface area contributed by atoms with Crippen LogP contribution in [0, 0.1) is 11.3 Å². The Morgan fingerprint density at radius 1 is 1.53 bits per heavy atom. The number of piperidine rings is 1. The number of nitrogens with two attached hydrogens (primary N) is 1. The number of carbonyl (C=O) groups excluding carboxylic acids is 1.